The SMILES string of the molecule is CCOc1ccc(C2NC(=O)NC(C)=C2C(=O)OCc2ccc3c(c2)OCO3)cc1OC. The second-order valence-corrected chi connectivity index (χ2v) is 7.18. The molecule has 9 heteroatoms. The van der Waals surface area contributed by atoms with Gasteiger partial charge in [-0.3, -0.25) is 0 Å². The summed E-state index contributed by atoms with van der Waals surface area (Å²) in [4.78, 5) is 25.2. The predicted octanol–water partition coefficient (Wildman–Crippen LogP) is 3.19. The van der Waals surface area contributed by atoms with E-state index in [4.69, 9.17) is 23.7 Å². The Morgan fingerprint density at radius 2 is 1.94 bits per heavy atom. The van der Waals surface area contributed by atoms with Gasteiger partial charge in [-0.05, 0) is 49.2 Å². The Morgan fingerprint density at radius 1 is 1.12 bits per heavy atom. The summed E-state index contributed by atoms with van der Waals surface area (Å²) in [6, 6.07) is 9.49. The lowest BCUT2D eigenvalue weighted by molar-refractivity contribution is -0.140. The number of ether oxygens (including phenoxy) is 5. The largest absolute Gasteiger partial charge is 0.493 e. The minimum atomic E-state index is -0.711. The topological polar surface area (TPSA) is 104 Å². The Balaban J connectivity index is 1.56. The van der Waals surface area contributed by atoms with Crippen LogP contribution in [0.4, 0.5) is 4.79 Å². The fourth-order valence-electron chi connectivity index (χ4n) is 3.61. The van der Waals surface area contributed by atoms with Gasteiger partial charge in [-0.1, -0.05) is 12.1 Å². The zero-order chi connectivity index (χ0) is 22.7. The highest BCUT2D eigenvalue weighted by Crippen LogP contribution is 2.35. The van der Waals surface area contributed by atoms with Gasteiger partial charge < -0.3 is 34.3 Å². The van der Waals surface area contributed by atoms with Gasteiger partial charge in [-0.25, -0.2) is 9.59 Å². The van der Waals surface area contributed by atoms with Crippen molar-refractivity contribution in [1.82, 2.24) is 10.6 Å². The molecule has 0 aromatic heterocycles. The monoisotopic (exact) mass is 440 g/mol. The first kappa shape index (κ1) is 21.4. The molecule has 1 unspecified atom stereocenters. The van der Waals surface area contributed by atoms with Crippen molar-refractivity contribution in [2.45, 2.75) is 26.5 Å². The minimum absolute atomic E-state index is 0.0412. The van der Waals surface area contributed by atoms with E-state index in [-0.39, 0.29) is 13.4 Å². The van der Waals surface area contributed by atoms with Gasteiger partial charge in [0.1, 0.15) is 6.61 Å². The summed E-state index contributed by atoms with van der Waals surface area (Å²) in [7, 11) is 1.53. The summed E-state index contributed by atoms with van der Waals surface area (Å²) >= 11 is 0. The minimum Gasteiger partial charge on any atom is -0.493 e. The number of esters is 1. The van der Waals surface area contributed by atoms with Crippen molar-refractivity contribution in [3.8, 4) is 23.0 Å². The molecule has 0 saturated heterocycles. The highest BCUT2D eigenvalue weighted by atomic mass is 16.7. The smallest absolute Gasteiger partial charge is 0.338 e. The molecular formula is C23H24N2O7. The highest BCUT2D eigenvalue weighted by molar-refractivity contribution is 5.95. The van der Waals surface area contributed by atoms with E-state index in [1.807, 2.05) is 6.92 Å². The number of nitrogens with one attached hydrogen (secondary N) is 2. The van der Waals surface area contributed by atoms with E-state index in [0.29, 0.717) is 46.4 Å². The van der Waals surface area contributed by atoms with Crippen LogP contribution in [0.5, 0.6) is 23.0 Å². The molecule has 0 bridgehead atoms. The number of benzene rings is 2. The molecule has 2 aromatic rings. The molecule has 0 saturated carbocycles. The maximum absolute atomic E-state index is 13.0. The lowest BCUT2D eigenvalue weighted by Crippen LogP contribution is -2.45. The molecule has 4 rings (SSSR count). The van der Waals surface area contributed by atoms with Crippen LogP contribution >= 0.6 is 0 Å². The molecule has 2 N–H and O–H groups in total. The van der Waals surface area contributed by atoms with E-state index in [1.165, 1.54) is 7.11 Å². The molecule has 0 aliphatic carbocycles. The maximum atomic E-state index is 13.0. The predicted molar refractivity (Wildman–Crippen MR) is 114 cm³/mol. The molecule has 0 spiro atoms. The van der Waals surface area contributed by atoms with Crippen molar-refractivity contribution in [1.29, 1.82) is 0 Å². The van der Waals surface area contributed by atoms with Crippen LogP contribution in [-0.2, 0) is 16.1 Å². The molecule has 1 atom stereocenters. The van der Waals surface area contributed by atoms with Crippen LogP contribution < -0.4 is 29.6 Å². The molecule has 2 aliphatic heterocycles. The lowest BCUT2D eigenvalue weighted by atomic mass is 9.95. The van der Waals surface area contributed by atoms with Gasteiger partial charge in [-0.15, -0.1) is 0 Å². The van der Waals surface area contributed by atoms with Crippen molar-refractivity contribution < 1.29 is 33.3 Å². The van der Waals surface area contributed by atoms with Crippen molar-refractivity contribution in [2.24, 2.45) is 0 Å². The van der Waals surface area contributed by atoms with Crippen molar-refractivity contribution in [2.75, 3.05) is 20.5 Å². The fraction of sp³-hybridized carbons (Fsp3) is 0.304. The molecule has 2 aromatic carbocycles. The Hall–Kier alpha value is -3.88. The summed E-state index contributed by atoms with van der Waals surface area (Å²) in [5, 5.41) is 5.43. The van der Waals surface area contributed by atoms with Crippen LogP contribution in [0.15, 0.2) is 47.7 Å². The fourth-order valence-corrected chi connectivity index (χ4v) is 3.61. The number of amides is 2. The number of rotatable bonds is 7. The Labute approximate surface area is 185 Å². The summed E-state index contributed by atoms with van der Waals surface area (Å²) in [6.07, 6.45) is 0. The van der Waals surface area contributed by atoms with E-state index in [0.717, 1.165) is 5.56 Å². The lowest BCUT2D eigenvalue weighted by Gasteiger charge is -2.28. The number of hydrogen-bond acceptors (Lipinski definition) is 7. The summed E-state index contributed by atoms with van der Waals surface area (Å²) in [5.74, 6) is 1.79. The number of carbonyl (C=O) groups is 2. The Morgan fingerprint density at radius 3 is 2.72 bits per heavy atom. The molecule has 32 heavy (non-hydrogen) atoms. The molecule has 0 fully saturated rings. The molecule has 0 radical (unpaired) electrons. The Kier molecular flexibility index (Phi) is 6.07. The van der Waals surface area contributed by atoms with Crippen molar-refractivity contribution in [3.63, 3.8) is 0 Å². The van der Waals surface area contributed by atoms with E-state index < -0.39 is 18.0 Å². The summed E-state index contributed by atoms with van der Waals surface area (Å²) in [6.45, 7) is 4.23. The first-order valence-corrected chi connectivity index (χ1v) is 10.1. The van der Waals surface area contributed by atoms with Crippen LogP contribution in [0.3, 0.4) is 0 Å². The summed E-state index contributed by atoms with van der Waals surface area (Å²) < 4.78 is 27.2. The van der Waals surface area contributed by atoms with E-state index in [2.05, 4.69) is 10.6 Å². The second-order valence-electron chi connectivity index (χ2n) is 7.18. The molecule has 9 nitrogen and oxygen atoms in total. The molecule has 2 amide bonds. The third kappa shape index (κ3) is 4.27. The second kappa shape index (κ2) is 9.09. The number of methoxy groups -OCH3 is 1. The van der Waals surface area contributed by atoms with Gasteiger partial charge in [0.25, 0.3) is 0 Å². The zero-order valence-corrected chi connectivity index (χ0v) is 18.0. The average Bonchev–Trinajstić information content (AvgIpc) is 3.25. The van der Waals surface area contributed by atoms with Crippen LogP contribution in [-0.4, -0.2) is 32.5 Å². The number of allylic oxidation sites excluding steroid dienone is 1. The van der Waals surface area contributed by atoms with E-state index in [9.17, 15) is 9.59 Å². The normalized spacial score (nSPS) is 16.8. The van der Waals surface area contributed by atoms with Gasteiger partial charge in [0, 0.05) is 5.70 Å². The van der Waals surface area contributed by atoms with Crippen LogP contribution in [0, 0.1) is 0 Å². The molecule has 168 valence electrons. The third-order valence-electron chi connectivity index (χ3n) is 5.12. The van der Waals surface area contributed by atoms with Crippen molar-refractivity contribution in [3.05, 3.63) is 58.8 Å². The van der Waals surface area contributed by atoms with Gasteiger partial charge in [0.05, 0.1) is 25.3 Å². The highest BCUT2D eigenvalue weighted by Gasteiger charge is 2.33. The quantitative estimate of drug-likeness (QED) is 0.637. The third-order valence-corrected chi connectivity index (χ3v) is 5.12. The van der Waals surface area contributed by atoms with Gasteiger partial charge in [0.15, 0.2) is 23.0 Å². The summed E-state index contributed by atoms with van der Waals surface area (Å²) in [5.41, 5.74) is 2.14. The maximum Gasteiger partial charge on any atom is 0.338 e. The number of hydrogen-bond donors (Lipinski definition) is 2. The van der Waals surface area contributed by atoms with Crippen LogP contribution in [0.2, 0.25) is 0 Å². The van der Waals surface area contributed by atoms with Gasteiger partial charge in [-0.2, -0.15) is 0 Å². The standard InChI is InChI=1S/C23H24N2O7/c1-4-29-16-8-6-15(10-18(16)28-3)21-20(13(2)24-23(27)25-21)22(26)30-11-14-5-7-17-19(9-14)32-12-31-17/h5-10,21H,4,11-12H2,1-3H3,(H2,24,25,27). The van der Waals surface area contributed by atoms with Gasteiger partial charge in [0.2, 0.25) is 6.79 Å². The zero-order valence-electron chi connectivity index (χ0n) is 18.0. The number of urea groups is 1. The van der Waals surface area contributed by atoms with Crippen molar-refractivity contribution >= 4 is 12.0 Å². The molecule has 2 aliphatic rings. The average molecular weight is 440 g/mol. The van der Waals surface area contributed by atoms with Crippen LogP contribution in [0.1, 0.15) is 31.0 Å². The van der Waals surface area contributed by atoms with E-state index >= 15 is 0 Å². The first-order valence-electron chi connectivity index (χ1n) is 10.1. The Bertz CT molecular complexity index is 1080. The molecule has 2 heterocycles. The first-order chi connectivity index (χ1) is 15.5. The van der Waals surface area contributed by atoms with Gasteiger partial charge >= 0.3 is 12.0 Å². The molecular weight excluding hydrogens is 416 g/mol. The number of carbonyl (C=O) groups excluding carboxylic acids is 2. The van der Waals surface area contributed by atoms with Crippen LogP contribution in [0.25, 0.3) is 0 Å². The number of fused-ring (bicyclic) bond motifs is 1. The van der Waals surface area contributed by atoms with E-state index in [1.54, 1.807) is 43.3 Å².